The van der Waals surface area contributed by atoms with Gasteiger partial charge in [-0.25, -0.2) is 0 Å². The third kappa shape index (κ3) is 4.14. The molecular weight excluding hydrogens is 510 g/mol. The van der Waals surface area contributed by atoms with E-state index in [0.29, 0.717) is 31.2 Å². The van der Waals surface area contributed by atoms with Crippen LogP contribution in [0.25, 0.3) is 10.8 Å². The van der Waals surface area contributed by atoms with Crippen LogP contribution in [0.1, 0.15) is 49.8 Å². The normalized spacial score (nSPS) is 25.8. The maximum atomic E-state index is 6.70. The third-order valence-electron chi connectivity index (χ3n) is 9.87. The van der Waals surface area contributed by atoms with Gasteiger partial charge in [-0.1, -0.05) is 23.7 Å². The summed E-state index contributed by atoms with van der Waals surface area (Å²) in [5.41, 5.74) is 3.59. The standard InChI is InChI=1S/C30H36ClN7O/c31-24-5-1-4-20-14-32-15-26(27(20)24)36-13-8-23-25(18-36)34-29(39-19-30-9-2-11-38(30)12-3-10-30)35-28(23)37-16-21-6-7-22(17-37)33-21/h1,4-5,14-15,21-22,33H,2-3,6-13,16-19H2/t21-,22+. The Labute approximate surface area is 234 Å². The molecule has 8 nitrogen and oxygen atoms in total. The largest absolute Gasteiger partial charge is 0.461 e. The molecule has 0 spiro atoms. The number of pyridine rings is 1. The van der Waals surface area contributed by atoms with Crippen molar-refractivity contribution in [3.05, 3.63) is 46.9 Å². The monoisotopic (exact) mass is 545 g/mol. The van der Waals surface area contributed by atoms with Gasteiger partial charge in [-0.15, -0.1) is 0 Å². The predicted molar refractivity (Wildman–Crippen MR) is 154 cm³/mol. The molecular formula is C30H36ClN7O. The molecule has 0 aliphatic carbocycles. The maximum Gasteiger partial charge on any atom is 0.318 e. The second-order valence-electron chi connectivity index (χ2n) is 12.2. The summed E-state index contributed by atoms with van der Waals surface area (Å²) in [6.45, 7) is 6.66. The molecule has 1 aromatic carbocycles. The summed E-state index contributed by atoms with van der Waals surface area (Å²) in [5, 5.41) is 6.65. The number of halogens is 1. The summed E-state index contributed by atoms with van der Waals surface area (Å²) < 4.78 is 6.53. The van der Waals surface area contributed by atoms with Crippen LogP contribution in [0.5, 0.6) is 6.01 Å². The fraction of sp³-hybridized carbons (Fsp3) is 0.567. The van der Waals surface area contributed by atoms with E-state index in [1.165, 1.54) is 57.2 Å². The lowest BCUT2D eigenvalue weighted by Gasteiger charge is -2.38. The Hall–Kier alpha value is -2.68. The van der Waals surface area contributed by atoms with E-state index in [4.69, 9.17) is 26.3 Å². The summed E-state index contributed by atoms with van der Waals surface area (Å²) in [4.78, 5) is 22.3. The number of hydrogen-bond acceptors (Lipinski definition) is 8. The second-order valence-corrected chi connectivity index (χ2v) is 12.6. The fourth-order valence-electron chi connectivity index (χ4n) is 7.96. The van der Waals surface area contributed by atoms with Crippen molar-refractivity contribution in [2.45, 2.75) is 69.1 Å². The molecule has 0 amide bonds. The second kappa shape index (κ2) is 9.46. The molecule has 0 unspecified atom stereocenters. The number of ether oxygens (including phenoxy) is 1. The molecule has 204 valence electrons. The number of nitrogens with one attached hydrogen (secondary N) is 1. The fourth-order valence-corrected chi connectivity index (χ4v) is 8.24. The van der Waals surface area contributed by atoms with Gasteiger partial charge in [0.15, 0.2) is 0 Å². The van der Waals surface area contributed by atoms with Gasteiger partial charge >= 0.3 is 6.01 Å². The van der Waals surface area contributed by atoms with Gasteiger partial charge in [-0.05, 0) is 64.1 Å². The first-order valence-electron chi connectivity index (χ1n) is 14.7. The molecule has 2 bridgehead atoms. The number of nitrogens with zero attached hydrogens (tertiary/aromatic N) is 6. The van der Waals surface area contributed by atoms with Gasteiger partial charge in [0.1, 0.15) is 12.4 Å². The highest BCUT2D eigenvalue weighted by molar-refractivity contribution is 6.36. The first kappa shape index (κ1) is 24.1. The van der Waals surface area contributed by atoms with Crippen LogP contribution < -0.4 is 19.9 Å². The lowest BCUT2D eigenvalue weighted by molar-refractivity contribution is 0.107. The highest BCUT2D eigenvalue weighted by Crippen LogP contribution is 2.40. The van der Waals surface area contributed by atoms with Crippen LogP contribution in [0.15, 0.2) is 30.6 Å². The Morgan fingerprint density at radius 3 is 2.64 bits per heavy atom. The molecule has 2 atom stereocenters. The molecule has 1 N–H and O–H groups in total. The SMILES string of the molecule is Clc1cccc2cncc(N3CCc4c(nc(OCC56CCCN5CCC6)nc4N4C[C@H]5CC[C@@H](C4)N5)C3)c12. The van der Waals surface area contributed by atoms with E-state index in [9.17, 15) is 0 Å². The van der Waals surface area contributed by atoms with Crippen LogP contribution in [-0.4, -0.2) is 76.8 Å². The van der Waals surface area contributed by atoms with Crippen molar-refractivity contribution in [3.8, 4) is 6.01 Å². The highest BCUT2D eigenvalue weighted by atomic mass is 35.5. The third-order valence-corrected chi connectivity index (χ3v) is 10.2. The Balaban J connectivity index is 1.15. The van der Waals surface area contributed by atoms with E-state index in [0.717, 1.165) is 59.0 Å². The molecule has 8 rings (SSSR count). The minimum absolute atomic E-state index is 0.172. The average molecular weight is 546 g/mol. The number of rotatable bonds is 5. The van der Waals surface area contributed by atoms with E-state index in [1.807, 2.05) is 24.5 Å². The lowest BCUT2D eigenvalue weighted by Crippen LogP contribution is -2.52. The zero-order chi connectivity index (χ0) is 26.0. The van der Waals surface area contributed by atoms with Crippen LogP contribution in [0, 0.1) is 0 Å². The van der Waals surface area contributed by atoms with Crippen molar-refractivity contribution in [1.82, 2.24) is 25.2 Å². The minimum atomic E-state index is 0.172. The van der Waals surface area contributed by atoms with Crippen LogP contribution in [-0.2, 0) is 13.0 Å². The van der Waals surface area contributed by atoms with Crippen molar-refractivity contribution >= 4 is 33.9 Å². The van der Waals surface area contributed by atoms with Gasteiger partial charge in [-0.3, -0.25) is 9.88 Å². The molecule has 5 aliphatic rings. The predicted octanol–water partition coefficient (Wildman–Crippen LogP) is 4.19. The van der Waals surface area contributed by atoms with E-state index in [1.54, 1.807) is 0 Å². The lowest BCUT2D eigenvalue weighted by atomic mass is 9.95. The van der Waals surface area contributed by atoms with Gasteiger partial charge < -0.3 is 19.9 Å². The summed E-state index contributed by atoms with van der Waals surface area (Å²) in [5.74, 6) is 1.09. The molecule has 9 heteroatoms. The Bertz CT molecular complexity index is 1390. The van der Waals surface area contributed by atoms with E-state index >= 15 is 0 Å². The topological polar surface area (TPSA) is 69.7 Å². The van der Waals surface area contributed by atoms with Crippen molar-refractivity contribution < 1.29 is 4.74 Å². The highest BCUT2D eigenvalue weighted by Gasteiger charge is 2.45. The van der Waals surface area contributed by atoms with Gasteiger partial charge in [0.05, 0.1) is 34.7 Å². The van der Waals surface area contributed by atoms with Crippen LogP contribution in [0.3, 0.4) is 0 Å². The Morgan fingerprint density at radius 1 is 1.00 bits per heavy atom. The van der Waals surface area contributed by atoms with E-state index in [2.05, 4.69) is 31.1 Å². The molecule has 7 heterocycles. The molecule has 4 saturated heterocycles. The van der Waals surface area contributed by atoms with E-state index < -0.39 is 0 Å². The molecule has 5 aliphatic heterocycles. The minimum Gasteiger partial charge on any atom is -0.461 e. The quantitative estimate of drug-likeness (QED) is 0.512. The summed E-state index contributed by atoms with van der Waals surface area (Å²) >= 11 is 6.70. The van der Waals surface area contributed by atoms with Crippen molar-refractivity contribution in [1.29, 1.82) is 0 Å². The average Bonchev–Trinajstić information content (AvgIpc) is 3.64. The summed E-state index contributed by atoms with van der Waals surface area (Å²) in [7, 11) is 0. The van der Waals surface area contributed by atoms with Crippen molar-refractivity contribution in [2.24, 2.45) is 0 Å². The molecule has 39 heavy (non-hydrogen) atoms. The summed E-state index contributed by atoms with van der Waals surface area (Å²) in [6.07, 6.45) is 12.2. The number of aromatic nitrogens is 3. The molecule has 4 fully saturated rings. The zero-order valence-corrected chi connectivity index (χ0v) is 23.2. The van der Waals surface area contributed by atoms with Crippen molar-refractivity contribution in [2.75, 3.05) is 49.1 Å². The van der Waals surface area contributed by atoms with Gasteiger partial charge in [-0.2, -0.15) is 9.97 Å². The number of hydrogen-bond donors (Lipinski definition) is 1. The molecule has 3 aromatic rings. The number of benzene rings is 1. The molecule has 0 saturated carbocycles. The first-order chi connectivity index (χ1) is 19.1. The van der Waals surface area contributed by atoms with Gasteiger partial charge in [0.2, 0.25) is 0 Å². The zero-order valence-electron chi connectivity index (χ0n) is 22.4. The van der Waals surface area contributed by atoms with E-state index in [-0.39, 0.29) is 5.54 Å². The smallest absolute Gasteiger partial charge is 0.318 e. The van der Waals surface area contributed by atoms with Gasteiger partial charge in [0, 0.05) is 54.3 Å². The number of piperazine rings is 1. The van der Waals surface area contributed by atoms with Crippen LogP contribution >= 0.6 is 11.6 Å². The molecule has 0 radical (unpaired) electrons. The number of fused-ring (bicyclic) bond motifs is 5. The van der Waals surface area contributed by atoms with Crippen molar-refractivity contribution in [3.63, 3.8) is 0 Å². The number of anilines is 2. The summed E-state index contributed by atoms with van der Waals surface area (Å²) in [6, 6.07) is 7.67. The van der Waals surface area contributed by atoms with Crippen LogP contribution in [0.2, 0.25) is 5.02 Å². The first-order valence-corrected chi connectivity index (χ1v) is 15.1. The molecule has 2 aromatic heterocycles. The Kier molecular flexibility index (Phi) is 5.86. The maximum absolute atomic E-state index is 6.70. The van der Waals surface area contributed by atoms with Gasteiger partial charge in [0.25, 0.3) is 0 Å². The van der Waals surface area contributed by atoms with Crippen LogP contribution in [0.4, 0.5) is 11.5 Å². The Morgan fingerprint density at radius 2 is 1.82 bits per heavy atom.